The number of carboxylic acid groups (broad SMARTS) is 1. The zero-order valence-electron chi connectivity index (χ0n) is 11.7. The molecule has 1 N–H and O–H groups in total. The van der Waals surface area contributed by atoms with Crippen molar-refractivity contribution >= 4 is 17.6 Å². The summed E-state index contributed by atoms with van der Waals surface area (Å²) in [6.07, 6.45) is -4.80. The van der Waals surface area contributed by atoms with E-state index in [0.29, 0.717) is 5.56 Å². The fourth-order valence-electron chi connectivity index (χ4n) is 2.07. The standard InChI is InChI=1S/C16H12ClF3O3/c17-12-5-6-13(16(18,19)20)11(7-12)9-23-14-4-2-1-3-10(14)8-15(21)22/h1-7H,8-9H2,(H,21,22). The zero-order valence-corrected chi connectivity index (χ0v) is 12.5. The van der Waals surface area contributed by atoms with Crippen molar-refractivity contribution in [3.05, 3.63) is 64.2 Å². The van der Waals surface area contributed by atoms with Crippen molar-refractivity contribution in [2.75, 3.05) is 0 Å². The minimum absolute atomic E-state index is 0.116. The third-order valence-electron chi connectivity index (χ3n) is 3.07. The number of carboxylic acids is 1. The molecule has 0 saturated heterocycles. The van der Waals surface area contributed by atoms with Gasteiger partial charge in [-0.05, 0) is 24.3 Å². The lowest BCUT2D eigenvalue weighted by Gasteiger charge is -2.15. The molecule has 0 atom stereocenters. The first-order chi connectivity index (χ1) is 10.8. The monoisotopic (exact) mass is 344 g/mol. The summed E-state index contributed by atoms with van der Waals surface area (Å²) in [5, 5.41) is 9.00. The van der Waals surface area contributed by atoms with Gasteiger partial charge in [0, 0.05) is 16.1 Å². The predicted octanol–water partition coefficient (Wildman–Crippen LogP) is 4.56. The van der Waals surface area contributed by atoms with Crippen LogP contribution in [-0.4, -0.2) is 11.1 Å². The van der Waals surface area contributed by atoms with Crippen LogP contribution in [0.1, 0.15) is 16.7 Å². The number of benzene rings is 2. The Morgan fingerprint density at radius 2 is 1.83 bits per heavy atom. The molecule has 0 aliphatic rings. The first-order valence-corrected chi connectivity index (χ1v) is 6.93. The average molecular weight is 345 g/mol. The van der Waals surface area contributed by atoms with Gasteiger partial charge in [-0.25, -0.2) is 0 Å². The van der Waals surface area contributed by atoms with Crippen LogP contribution in [0.2, 0.25) is 5.02 Å². The lowest BCUT2D eigenvalue weighted by atomic mass is 10.1. The third kappa shape index (κ3) is 4.63. The molecule has 7 heteroatoms. The summed E-state index contributed by atoms with van der Waals surface area (Å²) in [6.45, 7) is -0.369. The number of aliphatic carboxylic acids is 1. The Morgan fingerprint density at radius 1 is 1.13 bits per heavy atom. The van der Waals surface area contributed by atoms with Crippen LogP contribution < -0.4 is 4.74 Å². The molecule has 0 aliphatic heterocycles. The van der Waals surface area contributed by atoms with E-state index in [-0.39, 0.29) is 29.4 Å². The maximum atomic E-state index is 13.0. The van der Waals surface area contributed by atoms with Crippen molar-refractivity contribution < 1.29 is 27.8 Å². The van der Waals surface area contributed by atoms with Crippen molar-refractivity contribution in [1.82, 2.24) is 0 Å². The quantitative estimate of drug-likeness (QED) is 0.864. The Morgan fingerprint density at radius 3 is 2.48 bits per heavy atom. The summed E-state index contributed by atoms with van der Waals surface area (Å²) in [5.74, 6) is -0.831. The van der Waals surface area contributed by atoms with Gasteiger partial charge in [0.1, 0.15) is 12.4 Å². The predicted molar refractivity (Wildman–Crippen MR) is 78.6 cm³/mol. The summed E-state index contributed by atoms with van der Waals surface area (Å²) in [5.41, 5.74) is -0.566. The van der Waals surface area contributed by atoms with Gasteiger partial charge in [0.05, 0.1) is 12.0 Å². The second kappa shape index (κ2) is 6.91. The highest BCUT2D eigenvalue weighted by Crippen LogP contribution is 2.34. The Labute approximate surface area is 135 Å². The largest absolute Gasteiger partial charge is 0.489 e. The Kier molecular flexibility index (Phi) is 5.15. The molecule has 2 aromatic carbocycles. The number of halogens is 4. The molecule has 0 aliphatic carbocycles. The van der Waals surface area contributed by atoms with Crippen molar-refractivity contribution in [2.45, 2.75) is 19.2 Å². The molecule has 2 rings (SSSR count). The van der Waals surface area contributed by atoms with Crippen molar-refractivity contribution in [3.63, 3.8) is 0 Å². The van der Waals surface area contributed by atoms with E-state index in [1.54, 1.807) is 18.2 Å². The van der Waals surface area contributed by atoms with Gasteiger partial charge in [-0.2, -0.15) is 13.2 Å². The molecule has 3 nitrogen and oxygen atoms in total. The number of para-hydroxylation sites is 1. The molecule has 0 radical (unpaired) electrons. The van der Waals surface area contributed by atoms with Crippen LogP contribution >= 0.6 is 11.6 Å². The van der Waals surface area contributed by atoms with E-state index in [1.165, 1.54) is 12.1 Å². The van der Waals surface area contributed by atoms with Crippen LogP contribution in [0.3, 0.4) is 0 Å². The van der Waals surface area contributed by atoms with Gasteiger partial charge in [0.25, 0.3) is 0 Å². The second-order valence-electron chi connectivity index (χ2n) is 4.77. The van der Waals surface area contributed by atoms with Gasteiger partial charge >= 0.3 is 12.1 Å². The van der Waals surface area contributed by atoms with E-state index in [0.717, 1.165) is 12.1 Å². The molecule has 0 bridgehead atoms. The van der Waals surface area contributed by atoms with E-state index < -0.39 is 17.7 Å². The maximum absolute atomic E-state index is 13.0. The van der Waals surface area contributed by atoms with E-state index in [1.807, 2.05) is 0 Å². The third-order valence-corrected chi connectivity index (χ3v) is 3.31. The molecule has 0 heterocycles. The highest BCUT2D eigenvalue weighted by atomic mass is 35.5. The van der Waals surface area contributed by atoms with Crippen LogP contribution in [0.4, 0.5) is 13.2 Å². The summed E-state index contributed by atoms with van der Waals surface area (Å²) in [7, 11) is 0. The zero-order chi connectivity index (χ0) is 17.0. The number of hydrogen-bond acceptors (Lipinski definition) is 2. The molecule has 0 aromatic heterocycles. The Balaban J connectivity index is 2.25. The summed E-state index contributed by atoms with van der Waals surface area (Å²) in [4.78, 5) is 10.8. The summed E-state index contributed by atoms with van der Waals surface area (Å²) in [6, 6.07) is 9.54. The molecular weight excluding hydrogens is 333 g/mol. The lowest BCUT2D eigenvalue weighted by Crippen LogP contribution is -2.11. The van der Waals surface area contributed by atoms with Gasteiger partial charge in [-0.1, -0.05) is 29.8 Å². The van der Waals surface area contributed by atoms with E-state index in [9.17, 15) is 18.0 Å². The Bertz CT molecular complexity index is 714. The molecule has 0 fully saturated rings. The number of alkyl halides is 3. The van der Waals surface area contributed by atoms with E-state index in [4.69, 9.17) is 21.4 Å². The van der Waals surface area contributed by atoms with E-state index in [2.05, 4.69) is 0 Å². The van der Waals surface area contributed by atoms with Gasteiger partial charge in [-0.15, -0.1) is 0 Å². The SMILES string of the molecule is O=C(O)Cc1ccccc1OCc1cc(Cl)ccc1C(F)(F)F. The lowest BCUT2D eigenvalue weighted by molar-refractivity contribution is -0.138. The highest BCUT2D eigenvalue weighted by molar-refractivity contribution is 6.30. The molecule has 0 spiro atoms. The number of rotatable bonds is 5. The minimum Gasteiger partial charge on any atom is -0.489 e. The topological polar surface area (TPSA) is 46.5 Å². The van der Waals surface area contributed by atoms with Crippen molar-refractivity contribution in [3.8, 4) is 5.75 Å². The van der Waals surface area contributed by atoms with Gasteiger partial charge in [0.2, 0.25) is 0 Å². The van der Waals surface area contributed by atoms with Gasteiger partial charge in [0.15, 0.2) is 0 Å². The Hall–Kier alpha value is -2.21. The van der Waals surface area contributed by atoms with Crippen LogP contribution in [0.15, 0.2) is 42.5 Å². The first-order valence-electron chi connectivity index (χ1n) is 6.55. The summed E-state index contributed by atoms with van der Waals surface area (Å²) < 4.78 is 44.3. The number of ether oxygens (including phenoxy) is 1. The summed E-state index contributed by atoms with van der Waals surface area (Å²) >= 11 is 5.75. The highest BCUT2D eigenvalue weighted by Gasteiger charge is 2.33. The fraction of sp³-hybridized carbons (Fsp3) is 0.188. The molecule has 0 unspecified atom stereocenters. The van der Waals surface area contributed by atoms with Crippen LogP contribution in [0, 0.1) is 0 Å². The fourth-order valence-corrected chi connectivity index (χ4v) is 2.26. The van der Waals surface area contributed by atoms with Crippen molar-refractivity contribution in [2.24, 2.45) is 0 Å². The normalized spacial score (nSPS) is 11.3. The first kappa shape index (κ1) is 17.1. The molecule has 0 saturated carbocycles. The maximum Gasteiger partial charge on any atom is 0.416 e. The average Bonchev–Trinajstić information content (AvgIpc) is 2.44. The van der Waals surface area contributed by atoms with Crippen LogP contribution in [0.5, 0.6) is 5.75 Å². The second-order valence-corrected chi connectivity index (χ2v) is 5.20. The van der Waals surface area contributed by atoms with Gasteiger partial charge < -0.3 is 9.84 Å². The van der Waals surface area contributed by atoms with Gasteiger partial charge in [-0.3, -0.25) is 4.79 Å². The van der Waals surface area contributed by atoms with Crippen LogP contribution in [-0.2, 0) is 24.0 Å². The van der Waals surface area contributed by atoms with Crippen molar-refractivity contribution in [1.29, 1.82) is 0 Å². The molecular formula is C16H12ClF3O3. The number of carbonyl (C=O) groups is 1. The van der Waals surface area contributed by atoms with E-state index >= 15 is 0 Å². The molecule has 122 valence electrons. The molecule has 0 amide bonds. The number of hydrogen-bond donors (Lipinski definition) is 1. The smallest absolute Gasteiger partial charge is 0.416 e. The minimum atomic E-state index is -4.52. The molecule has 23 heavy (non-hydrogen) atoms. The van der Waals surface area contributed by atoms with Crippen LogP contribution in [0.25, 0.3) is 0 Å². The molecule has 2 aromatic rings.